The van der Waals surface area contributed by atoms with Gasteiger partial charge in [0.15, 0.2) is 0 Å². The van der Waals surface area contributed by atoms with E-state index in [-0.39, 0.29) is 12.2 Å². The first-order valence-electron chi connectivity index (χ1n) is 6.30. The molecule has 0 aromatic heterocycles. The Morgan fingerprint density at radius 1 is 1.20 bits per heavy atom. The molecule has 2 rings (SSSR count). The predicted molar refractivity (Wildman–Crippen MR) is 77.5 cm³/mol. The van der Waals surface area contributed by atoms with E-state index >= 15 is 0 Å². The van der Waals surface area contributed by atoms with Gasteiger partial charge in [0.25, 0.3) is 0 Å². The van der Waals surface area contributed by atoms with Crippen molar-refractivity contribution in [2.24, 2.45) is 5.73 Å². The Hall–Kier alpha value is -2.33. The molecule has 0 spiro atoms. The van der Waals surface area contributed by atoms with E-state index in [1.807, 2.05) is 30.3 Å². The Morgan fingerprint density at radius 2 is 1.85 bits per heavy atom. The van der Waals surface area contributed by atoms with Crippen molar-refractivity contribution in [3.05, 3.63) is 54.1 Å². The second kappa shape index (κ2) is 5.35. The molecule has 0 heterocycles. The van der Waals surface area contributed by atoms with Crippen molar-refractivity contribution in [3.8, 4) is 16.9 Å². The van der Waals surface area contributed by atoms with Crippen LogP contribution in [0.5, 0.6) is 5.75 Å². The van der Waals surface area contributed by atoms with Crippen LogP contribution >= 0.6 is 0 Å². The van der Waals surface area contributed by atoms with E-state index in [1.54, 1.807) is 18.2 Å². The number of phenols is 1. The van der Waals surface area contributed by atoms with Gasteiger partial charge in [0.05, 0.1) is 0 Å². The van der Waals surface area contributed by atoms with Crippen LogP contribution in [0.2, 0.25) is 0 Å². The van der Waals surface area contributed by atoms with Crippen LogP contribution in [0.15, 0.2) is 48.5 Å². The van der Waals surface area contributed by atoms with E-state index in [1.165, 1.54) is 6.92 Å². The predicted octanol–water partition coefficient (Wildman–Crippen LogP) is 2.40. The molecule has 4 heteroatoms. The third-order valence-electron chi connectivity index (χ3n) is 3.21. The average molecular weight is 271 g/mol. The van der Waals surface area contributed by atoms with Crippen LogP contribution in [0.25, 0.3) is 11.1 Å². The van der Waals surface area contributed by atoms with Crippen LogP contribution in [-0.4, -0.2) is 21.7 Å². The fraction of sp³-hybridized carbons (Fsp3) is 0.188. The third kappa shape index (κ3) is 2.97. The van der Waals surface area contributed by atoms with Gasteiger partial charge in [0, 0.05) is 12.0 Å². The highest BCUT2D eigenvalue weighted by Gasteiger charge is 2.28. The summed E-state index contributed by atoms with van der Waals surface area (Å²) in [5, 5.41) is 19.0. The van der Waals surface area contributed by atoms with Gasteiger partial charge in [-0.1, -0.05) is 36.4 Å². The van der Waals surface area contributed by atoms with Crippen molar-refractivity contribution in [1.29, 1.82) is 0 Å². The van der Waals surface area contributed by atoms with Crippen LogP contribution in [0, 0.1) is 0 Å². The smallest absolute Gasteiger partial charge is 0.323 e. The van der Waals surface area contributed by atoms with Crippen molar-refractivity contribution in [3.63, 3.8) is 0 Å². The summed E-state index contributed by atoms with van der Waals surface area (Å²) in [7, 11) is 0. The molecule has 0 aliphatic rings. The molecule has 104 valence electrons. The second-order valence-corrected chi connectivity index (χ2v) is 5.12. The summed E-state index contributed by atoms with van der Waals surface area (Å²) in [5.41, 5.74) is 6.75. The number of rotatable bonds is 4. The minimum atomic E-state index is -1.33. The number of nitrogens with two attached hydrogens (primary N) is 1. The highest BCUT2D eigenvalue weighted by molar-refractivity contribution is 5.78. The third-order valence-corrected chi connectivity index (χ3v) is 3.21. The Balaban J connectivity index is 2.37. The summed E-state index contributed by atoms with van der Waals surface area (Å²) in [6.45, 7) is 1.48. The number of carboxylic acid groups (broad SMARTS) is 1. The van der Waals surface area contributed by atoms with Gasteiger partial charge in [-0.2, -0.15) is 0 Å². The van der Waals surface area contributed by atoms with Crippen molar-refractivity contribution in [1.82, 2.24) is 0 Å². The van der Waals surface area contributed by atoms with Crippen LogP contribution in [0.4, 0.5) is 0 Å². The maximum atomic E-state index is 11.1. The molecule has 0 saturated carbocycles. The molecule has 0 radical (unpaired) electrons. The number of aromatic hydroxyl groups is 1. The quantitative estimate of drug-likeness (QED) is 0.797. The molecule has 4 N–H and O–H groups in total. The van der Waals surface area contributed by atoms with E-state index < -0.39 is 11.5 Å². The van der Waals surface area contributed by atoms with Gasteiger partial charge >= 0.3 is 5.97 Å². The Morgan fingerprint density at radius 3 is 2.45 bits per heavy atom. The van der Waals surface area contributed by atoms with E-state index in [4.69, 9.17) is 10.8 Å². The standard InChI is InChI=1S/C16H17NO3/c1-16(17,15(19)20)10-11-7-8-14(18)13(9-11)12-5-3-2-4-6-12/h2-9,18H,10,17H2,1H3,(H,19,20)/t16-/m0/s1. The highest BCUT2D eigenvalue weighted by Crippen LogP contribution is 2.30. The maximum absolute atomic E-state index is 11.1. The van der Waals surface area contributed by atoms with Gasteiger partial charge in [-0.25, -0.2) is 0 Å². The molecule has 0 bridgehead atoms. The van der Waals surface area contributed by atoms with Gasteiger partial charge in [-0.15, -0.1) is 0 Å². The zero-order valence-electron chi connectivity index (χ0n) is 11.2. The molecule has 1 atom stereocenters. The van der Waals surface area contributed by atoms with Gasteiger partial charge in [0.2, 0.25) is 0 Å². The summed E-state index contributed by atoms with van der Waals surface area (Å²) < 4.78 is 0. The monoisotopic (exact) mass is 271 g/mol. The van der Waals surface area contributed by atoms with Crippen LogP contribution in [-0.2, 0) is 11.2 Å². The number of hydrogen-bond donors (Lipinski definition) is 3. The van der Waals surface area contributed by atoms with Crippen LogP contribution < -0.4 is 5.73 Å². The summed E-state index contributed by atoms with van der Waals surface area (Å²) in [6.07, 6.45) is 0.197. The molecular weight excluding hydrogens is 254 g/mol. The molecule has 0 unspecified atom stereocenters. The number of benzene rings is 2. The van der Waals surface area contributed by atoms with Crippen LogP contribution in [0.1, 0.15) is 12.5 Å². The zero-order valence-corrected chi connectivity index (χ0v) is 11.2. The van der Waals surface area contributed by atoms with Crippen molar-refractivity contribution in [2.75, 3.05) is 0 Å². The fourth-order valence-corrected chi connectivity index (χ4v) is 2.04. The average Bonchev–Trinajstić information content (AvgIpc) is 2.41. The normalized spacial score (nSPS) is 13.7. The van der Waals surface area contributed by atoms with E-state index in [0.29, 0.717) is 5.56 Å². The van der Waals surface area contributed by atoms with Gasteiger partial charge in [-0.3, -0.25) is 4.79 Å². The minimum Gasteiger partial charge on any atom is -0.507 e. The molecule has 0 amide bonds. The Labute approximate surface area is 117 Å². The minimum absolute atomic E-state index is 0.161. The molecule has 0 aliphatic carbocycles. The summed E-state index contributed by atoms with van der Waals surface area (Å²) in [6, 6.07) is 14.5. The molecule has 2 aromatic rings. The molecule has 0 aliphatic heterocycles. The SMILES string of the molecule is C[C@](N)(Cc1ccc(O)c(-c2ccccc2)c1)C(=O)O. The maximum Gasteiger partial charge on any atom is 0.323 e. The Kier molecular flexibility index (Phi) is 3.77. The topological polar surface area (TPSA) is 83.5 Å². The number of aliphatic carboxylic acids is 1. The number of hydrogen-bond acceptors (Lipinski definition) is 3. The van der Waals surface area contributed by atoms with Crippen molar-refractivity contribution >= 4 is 5.97 Å². The first-order valence-corrected chi connectivity index (χ1v) is 6.30. The first-order chi connectivity index (χ1) is 9.40. The lowest BCUT2D eigenvalue weighted by atomic mass is 9.92. The molecule has 0 fully saturated rings. The van der Waals surface area contributed by atoms with E-state index in [2.05, 4.69) is 0 Å². The molecule has 20 heavy (non-hydrogen) atoms. The second-order valence-electron chi connectivity index (χ2n) is 5.12. The highest BCUT2D eigenvalue weighted by atomic mass is 16.4. The summed E-state index contributed by atoms with van der Waals surface area (Å²) >= 11 is 0. The lowest BCUT2D eigenvalue weighted by molar-refractivity contribution is -0.142. The largest absolute Gasteiger partial charge is 0.507 e. The van der Waals surface area contributed by atoms with E-state index in [9.17, 15) is 9.90 Å². The van der Waals surface area contributed by atoms with Crippen LogP contribution in [0.3, 0.4) is 0 Å². The Bertz CT molecular complexity index is 621. The molecular formula is C16H17NO3. The summed E-state index contributed by atoms with van der Waals surface area (Å²) in [5.74, 6) is -0.888. The number of carboxylic acids is 1. The van der Waals surface area contributed by atoms with Crippen molar-refractivity contribution in [2.45, 2.75) is 18.9 Å². The van der Waals surface area contributed by atoms with E-state index in [0.717, 1.165) is 11.1 Å². The summed E-state index contributed by atoms with van der Waals surface area (Å²) in [4.78, 5) is 11.1. The molecule has 0 saturated heterocycles. The number of phenolic OH excluding ortho intramolecular Hbond substituents is 1. The van der Waals surface area contributed by atoms with Gasteiger partial charge in [0.1, 0.15) is 11.3 Å². The lowest BCUT2D eigenvalue weighted by Gasteiger charge is -2.19. The first kappa shape index (κ1) is 14.1. The molecule has 4 nitrogen and oxygen atoms in total. The van der Waals surface area contributed by atoms with Gasteiger partial charge < -0.3 is 15.9 Å². The fourth-order valence-electron chi connectivity index (χ4n) is 2.04. The van der Waals surface area contributed by atoms with Crippen molar-refractivity contribution < 1.29 is 15.0 Å². The number of carbonyl (C=O) groups is 1. The van der Waals surface area contributed by atoms with Gasteiger partial charge in [-0.05, 0) is 30.2 Å². The zero-order chi connectivity index (χ0) is 14.8. The molecule has 2 aromatic carbocycles. The lowest BCUT2D eigenvalue weighted by Crippen LogP contribution is -2.46.